The highest BCUT2D eigenvalue weighted by molar-refractivity contribution is 5.71. The van der Waals surface area contributed by atoms with E-state index in [0.29, 0.717) is 9.13 Å². The fourth-order valence-electron chi connectivity index (χ4n) is 5.43. The fraction of sp³-hybridized carbons (Fsp3) is 0.593. The van der Waals surface area contributed by atoms with E-state index in [9.17, 15) is 43.2 Å². The van der Waals surface area contributed by atoms with Crippen molar-refractivity contribution in [1.82, 2.24) is 19.1 Å². The van der Waals surface area contributed by atoms with Crippen molar-refractivity contribution in [3.8, 4) is 0 Å². The summed E-state index contributed by atoms with van der Waals surface area (Å²) in [7, 11) is 0. The van der Waals surface area contributed by atoms with Crippen molar-refractivity contribution >= 4 is 47.0 Å². The van der Waals surface area contributed by atoms with Gasteiger partial charge in [0, 0.05) is 41.5 Å². The van der Waals surface area contributed by atoms with Gasteiger partial charge in [0.15, 0.2) is 48.0 Å². The number of esters is 6. The lowest BCUT2D eigenvalue weighted by Crippen LogP contribution is -2.43. The third-order valence-corrected chi connectivity index (χ3v) is 6.99. The van der Waals surface area contributed by atoms with Crippen molar-refractivity contribution < 1.29 is 66.7 Å². The lowest BCUT2D eigenvalue weighted by atomic mass is 10.1. The molecule has 8 atom stereocenters. The van der Waals surface area contributed by atoms with Gasteiger partial charge >= 0.3 is 47.2 Å². The third kappa shape index (κ3) is 7.46. The Hall–Kier alpha value is -5.31. The van der Waals surface area contributed by atoms with Crippen molar-refractivity contribution in [2.75, 3.05) is 13.2 Å². The first-order valence-electron chi connectivity index (χ1n) is 14.3. The van der Waals surface area contributed by atoms with Crippen LogP contribution in [0.25, 0.3) is 11.2 Å². The molecule has 0 unspecified atom stereocenters. The normalized spacial score (nSPS) is 26.5. The summed E-state index contributed by atoms with van der Waals surface area (Å²) in [5.74, 6) is -5.00. The lowest BCUT2D eigenvalue weighted by Gasteiger charge is -2.24. The first kappa shape index (κ1) is 35.5. The van der Waals surface area contributed by atoms with Crippen LogP contribution in [-0.4, -0.2) is 105 Å². The van der Waals surface area contributed by atoms with Gasteiger partial charge < -0.3 is 37.9 Å². The van der Waals surface area contributed by atoms with Gasteiger partial charge in [-0.2, -0.15) is 0 Å². The van der Waals surface area contributed by atoms with E-state index in [2.05, 4.69) is 4.98 Å². The second-order valence-electron chi connectivity index (χ2n) is 10.7. The van der Waals surface area contributed by atoms with Crippen LogP contribution < -0.4 is 16.9 Å². The third-order valence-electron chi connectivity index (χ3n) is 6.99. The van der Waals surface area contributed by atoms with Crippen molar-refractivity contribution in [1.29, 1.82) is 0 Å². The van der Waals surface area contributed by atoms with Gasteiger partial charge in [-0.3, -0.25) is 48.1 Å². The number of H-pyrrole nitrogens is 2. The molecule has 2 N–H and O–H groups in total. The number of nitrogens with one attached hydrogen (secondary N) is 2. The summed E-state index contributed by atoms with van der Waals surface area (Å²) in [4.78, 5) is 116. The second kappa shape index (κ2) is 14.2. The van der Waals surface area contributed by atoms with E-state index in [4.69, 9.17) is 37.9 Å². The van der Waals surface area contributed by atoms with Crippen LogP contribution in [0.1, 0.15) is 54.0 Å². The van der Waals surface area contributed by atoms with Crippen molar-refractivity contribution in [2.45, 2.75) is 90.6 Å². The highest BCUT2D eigenvalue weighted by Gasteiger charge is 2.54. The van der Waals surface area contributed by atoms with Crippen LogP contribution in [0.15, 0.2) is 14.4 Å². The molecule has 2 aliphatic rings. The van der Waals surface area contributed by atoms with Crippen LogP contribution in [0, 0.1) is 0 Å². The van der Waals surface area contributed by atoms with Gasteiger partial charge in [-0.25, -0.2) is 14.2 Å². The maximum absolute atomic E-state index is 13.6. The Balaban J connectivity index is 1.91. The van der Waals surface area contributed by atoms with E-state index in [0.717, 1.165) is 41.5 Å². The van der Waals surface area contributed by atoms with E-state index in [1.807, 2.05) is 4.98 Å². The summed E-state index contributed by atoms with van der Waals surface area (Å²) in [5.41, 5.74) is -4.57. The molecule has 4 rings (SSSR count). The van der Waals surface area contributed by atoms with Gasteiger partial charge in [-0.1, -0.05) is 0 Å². The van der Waals surface area contributed by atoms with Crippen LogP contribution in [0.5, 0.6) is 0 Å². The van der Waals surface area contributed by atoms with E-state index in [1.165, 1.54) is 0 Å². The predicted octanol–water partition coefficient (Wildman–Crippen LogP) is -2.17. The topological polar surface area (TPSA) is 269 Å². The number of aromatic amines is 2. The minimum Gasteiger partial charge on any atom is -0.463 e. The Morgan fingerprint density at radius 2 is 0.938 bits per heavy atom. The molecule has 0 saturated carbocycles. The number of hydrogen-bond donors (Lipinski definition) is 2. The highest BCUT2D eigenvalue weighted by Crippen LogP contribution is 2.37. The van der Waals surface area contributed by atoms with Crippen LogP contribution in [0.3, 0.4) is 0 Å². The number of hydrogen-bond acceptors (Lipinski definition) is 17. The number of nitrogens with zero attached hydrogens (tertiary/aromatic N) is 2. The summed E-state index contributed by atoms with van der Waals surface area (Å²) in [6.45, 7) is 5.26. The number of rotatable bonds is 10. The van der Waals surface area contributed by atoms with Crippen molar-refractivity contribution in [2.24, 2.45) is 0 Å². The molecule has 4 heterocycles. The lowest BCUT2D eigenvalue weighted by molar-refractivity contribution is -0.166. The Bertz CT molecular complexity index is 1800. The molecular formula is C27H32N4O17. The van der Waals surface area contributed by atoms with E-state index < -0.39 is 126 Å². The SMILES string of the molecule is CC(=O)OC[C@@H]1O[C@@H](n2c(=O)[nH]c(=O)c3c2[nH]c(=O)n3[C@@H]2O[C@H](COC(C)=O)[C@@H](OC(C)=O)[C@@H]2OC(C)=O)[C@@H](OC(C)=O)[C@@H]1OC(C)=O. The minimum atomic E-state index is -1.72. The number of carbonyl (C=O) groups excluding carboxylic acids is 6. The Morgan fingerprint density at radius 3 is 1.33 bits per heavy atom. The second-order valence-corrected chi connectivity index (χ2v) is 10.7. The minimum absolute atomic E-state index is 0.525. The maximum Gasteiger partial charge on any atom is 0.332 e. The van der Waals surface area contributed by atoms with Crippen molar-refractivity contribution in [3.63, 3.8) is 0 Å². The Labute approximate surface area is 268 Å². The number of aromatic nitrogens is 4. The number of carbonyl (C=O) groups is 6. The average molecular weight is 685 g/mol. The van der Waals surface area contributed by atoms with Crippen LogP contribution in [0.2, 0.25) is 0 Å². The van der Waals surface area contributed by atoms with Gasteiger partial charge in [0.1, 0.15) is 25.4 Å². The molecule has 0 aliphatic carbocycles. The largest absolute Gasteiger partial charge is 0.463 e. The van der Waals surface area contributed by atoms with Gasteiger partial charge in [0.05, 0.1) is 0 Å². The van der Waals surface area contributed by atoms with E-state index in [-0.39, 0.29) is 0 Å². The molecule has 262 valence electrons. The number of ether oxygens (including phenoxy) is 8. The summed E-state index contributed by atoms with van der Waals surface area (Å²) >= 11 is 0. The van der Waals surface area contributed by atoms with Gasteiger partial charge in [0.2, 0.25) is 0 Å². The standard InChI is InChI=1S/C27H32N4O17/c1-9(32)41-7-15-18(43-11(3)34)20(45-13(5)36)24(47-15)30-17-22(28-26(30)39)31(27(40)29-23(17)38)25-21(46-14(6)37)19(44-12(4)35)16(48-25)8-42-10(2)33/h15-16,18-21,24-25H,7-8H2,1-6H3,(H,28,39)(H,29,38,40)/t15-,16+,18-,19-,20+,21+,24-,25-/m1/s1. The fourth-order valence-corrected chi connectivity index (χ4v) is 5.43. The molecule has 0 aromatic carbocycles. The monoisotopic (exact) mass is 684 g/mol. The molecule has 2 aromatic rings. The molecule has 0 radical (unpaired) electrons. The van der Waals surface area contributed by atoms with Crippen LogP contribution in [0.4, 0.5) is 0 Å². The molecule has 2 aliphatic heterocycles. The molecule has 0 amide bonds. The zero-order chi connectivity index (χ0) is 35.6. The van der Waals surface area contributed by atoms with E-state index >= 15 is 0 Å². The summed E-state index contributed by atoms with van der Waals surface area (Å²) in [6.07, 6.45) is -12.1. The number of imidazole rings is 1. The molecule has 0 spiro atoms. The quantitative estimate of drug-likeness (QED) is 0.199. The van der Waals surface area contributed by atoms with Crippen LogP contribution in [-0.2, 0) is 66.7 Å². The average Bonchev–Trinajstić information content (AvgIpc) is 3.57. The first-order valence-corrected chi connectivity index (χ1v) is 14.3. The summed E-state index contributed by atoms with van der Waals surface area (Å²) in [5, 5.41) is 0. The molecular weight excluding hydrogens is 652 g/mol. The maximum atomic E-state index is 13.6. The Morgan fingerprint density at radius 1 is 0.562 bits per heavy atom. The molecule has 2 aromatic heterocycles. The van der Waals surface area contributed by atoms with E-state index in [1.54, 1.807) is 0 Å². The van der Waals surface area contributed by atoms with Gasteiger partial charge in [0.25, 0.3) is 5.56 Å². The Kier molecular flexibility index (Phi) is 10.5. The molecule has 0 bridgehead atoms. The molecule has 2 saturated heterocycles. The molecule has 21 heteroatoms. The molecule has 48 heavy (non-hydrogen) atoms. The summed E-state index contributed by atoms with van der Waals surface area (Å²) < 4.78 is 44.5. The smallest absolute Gasteiger partial charge is 0.332 e. The van der Waals surface area contributed by atoms with Gasteiger partial charge in [-0.15, -0.1) is 0 Å². The zero-order valence-corrected chi connectivity index (χ0v) is 26.4. The zero-order valence-electron chi connectivity index (χ0n) is 26.4. The molecule has 21 nitrogen and oxygen atoms in total. The summed E-state index contributed by atoms with van der Waals surface area (Å²) in [6, 6.07) is 0. The van der Waals surface area contributed by atoms with Crippen molar-refractivity contribution in [3.05, 3.63) is 31.3 Å². The van der Waals surface area contributed by atoms with Gasteiger partial charge in [-0.05, 0) is 0 Å². The van der Waals surface area contributed by atoms with Crippen LogP contribution >= 0.6 is 0 Å². The highest BCUT2D eigenvalue weighted by atomic mass is 16.7. The number of fused-ring (bicyclic) bond motifs is 1. The first-order chi connectivity index (χ1) is 22.5. The molecule has 2 fully saturated rings. The predicted molar refractivity (Wildman–Crippen MR) is 151 cm³/mol.